The van der Waals surface area contributed by atoms with E-state index in [-0.39, 0.29) is 29.8 Å². The lowest BCUT2D eigenvalue weighted by Gasteiger charge is -2.32. The first-order chi connectivity index (χ1) is 11.0. The number of ether oxygens (including phenoxy) is 1. The number of rotatable bonds is 4. The summed E-state index contributed by atoms with van der Waals surface area (Å²) in [4.78, 5) is 26.1. The number of benzene rings is 1. The largest absolute Gasteiger partial charge is 0.469 e. The quantitative estimate of drug-likeness (QED) is 0.784. The molecular weight excluding hydrogens is 314 g/mol. The van der Waals surface area contributed by atoms with E-state index in [2.05, 4.69) is 0 Å². The molecule has 0 spiro atoms. The number of amides is 1. The minimum absolute atomic E-state index is 0.0224. The minimum atomic E-state index is -0.159. The van der Waals surface area contributed by atoms with Gasteiger partial charge in [-0.05, 0) is 44.2 Å². The highest BCUT2D eigenvalue weighted by molar-refractivity contribution is 6.31. The van der Waals surface area contributed by atoms with E-state index in [9.17, 15) is 9.59 Å². The molecule has 0 bridgehead atoms. The normalized spacial score (nSPS) is 22.3. The second-order valence-electron chi connectivity index (χ2n) is 6.22. The van der Waals surface area contributed by atoms with Crippen LogP contribution in [-0.4, -0.2) is 30.9 Å². The van der Waals surface area contributed by atoms with Crippen LogP contribution in [0.15, 0.2) is 24.3 Å². The predicted molar refractivity (Wildman–Crippen MR) is 90.1 cm³/mol. The van der Waals surface area contributed by atoms with Gasteiger partial charge in [-0.3, -0.25) is 9.59 Å². The summed E-state index contributed by atoms with van der Waals surface area (Å²) in [5, 5.41) is 0.675. The second kappa shape index (κ2) is 7.82. The molecule has 0 radical (unpaired) electrons. The molecule has 1 aromatic carbocycles. The van der Waals surface area contributed by atoms with Crippen LogP contribution in [0.2, 0.25) is 5.02 Å². The number of carbonyl (C=O) groups excluding carboxylic acids is 2. The maximum absolute atomic E-state index is 12.7. The van der Waals surface area contributed by atoms with Crippen molar-refractivity contribution < 1.29 is 14.3 Å². The maximum atomic E-state index is 12.7. The Labute approximate surface area is 142 Å². The Morgan fingerprint density at radius 3 is 2.30 bits per heavy atom. The first-order valence-corrected chi connectivity index (χ1v) is 8.42. The number of carbonyl (C=O) groups is 2. The van der Waals surface area contributed by atoms with E-state index in [4.69, 9.17) is 16.3 Å². The van der Waals surface area contributed by atoms with Crippen molar-refractivity contribution in [3.05, 3.63) is 34.9 Å². The molecule has 2 rings (SSSR count). The number of esters is 1. The summed E-state index contributed by atoms with van der Waals surface area (Å²) in [6.07, 6.45) is 2.91. The fraction of sp³-hybridized carbons (Fsp3) is 0.556. The van der Waals surface area contributed by atoms with Crippen molar-refractivity contribution >= 4 is 23.5 Å². The smallest absolute Gasteiger partial charge is 0.308 e. The van der Waals surface area contributed by atoms with Gasteiger partial charge in [-0.25, -0.2) is 0 Å². The summed E-state index contributed by atoms with van der Waals surface area (Å²) in [5.41, 5.74) is 0.952. The number of methoxy groups -OCH3 is 1. The summed E-state index contributed by atoms with van der Waals surface area (Å²) >= 11 is 6.23. The average Bonchev–Trinajstić information content (AvgIpc) is 2.59. The van der Waals surface area contributed by atoms with E-state index in [1.165, 1.54) is 7.11 Å². The average molecular weight is 338 g/mol. The van der Waals surface area contributed by atoms with Gasteiger partial charge in [0.05, 0.1) is 19.1 Å². The van der Waals surface area contributed by atoms with Gasteiger partial charge in [-0.15, -0.1) is 0 Å². The van der Waals surface area contributed by atoms with Gasteiger partial charge in [0.1, 0.15) is 0 Å². The van der Waals surface area contributed by atoms with E-state index in [1.54, 1.807) is 4.90 Å². The van der Waals surface area contributed by atoms with Crippen molar-refractivity contribution in [1.82, 2.24) is 4.90 Å². The lowest BCUT2D eigenvalue weighted by Crippen LogP contribution is -2.37. The SMILES string of the molecule is COC(=O)C1CCC(C(=O)N(C)C(C)c2ccccc2Cl)CC1. The van der Waals surface area contributed by atoms with E-state index in [1.807, 2.05) is 38.2 Å². The first-order valence-electron chi connectivity index (χ1n) is 8.04. The zero-order valence-corrected chi connectivity index (χ0v) is 14.7. The third-order valence-corrected chi connectivity index (χ3v) is 5.24. The molecule has 4 nitrogen and oxygen atoms in total. The Bertz CT molecular complexity index is 567. The van der Waals surface area contributed by atoms with Crippen LogP contribution >= 0.6 is 11.6 Å². The summed E-state index contributed by atoms with van der Waals surface area (Å²) in [5.74, 6) is -0.115. The monoisotopic (exact) mass is 337 g/mol. The third kappa shape index (κ3) is 4.05. The molecule has 1 unspecified atom stereocenters. The Kier molecular flexibility index (Phi) is 6.05. The molecule has 1 aliphatic carbocycles. The van der Waals surface area contributed by atoms with Gasteiger partial charge >= 0.3 is 5.97 Å². The molecule has 1 aromatic rings. The van der Waals surface area contributed by atoms with Gasteiger partial charge in [0, 0.05) is 18.0 Å². The van der Waals surface area contributed by atoms with Crippen LogP contribution in [0.4, 0.5) is 0 Å². The van der Waals surface area contributed by atoms with E-state index in [0.717, 1.165) is 31.2 Å². The summed E-state index contributed by atoms with van der Waals surface area (Å²) in [7, 11) is 3.24. The standard InChI is InChI=1S/C18H24ClNO3/c1-12(15-6-4-5-7-16(15)19)20(2)17(21)13-8-10-14(11-9-13)18(22)23-3/h4-7,12-14H,8-11H2,1-3H3. The van der Waals surface area contributed by atoms with Gasteiger partial charge in [0.15, 0.2) is 0 Å². The van der Waals surface area contributed by atoms with E-state index < -0.39 is 0 Å². The van der Waals surface area contributed by atoms with Crippen LogP contribution < -0.4 is 0 Å². The Hall–Kier alpha value is -1.55. The Morgan fingerprint density at radius 2 is 1.74 bits per heavy atom. The zero-order chi connectivity index (χ0) is 17.0. The Morgan fingerprint density at radius 1 is 1.17 bits per heavy atom. The number of halogens is 1. The van der Waals surface area contributed by atoms with Crippen molar-refractivity contribution in [2.75, 3.05) is 14.2 Å². The molecule has 1 fully saturated rings. The van der Waals surface area contributed by atoms with Crippen molar-refractivity contribution in [3.8, 4) is 0 Å². The van der Waals surface area contributed by atoms with Gasteiger partial charge in [-0.2, -0.15) is 0 Å². The van der Waals surface area contributed by atoms with Crippen molar-refractivity contribution in [1.29, 1.82) is 0 Å². The minimum Gasteiger partial charge on any atom is -0.469 e. The molecular formula is C18H24ClNO3. The topological polar surface area (TPSA) is 46.6 Å². The van der Waals surface area contributed by atoms with Crippen LogP contribution in [0.5, 0.6) is 0 Å². The van der Waals surface area contributed by atoms with Crippen molar-refractivity contribution in [3.63, 3.8) is 0 Å². The van der Waals surface area contributed by atoms with Gasteiger partial charge in [0.2, 0.25) is 5.91 Å². The zero-order valence-electron chi connectivity index (χ0n) is 13.9. The highest BCUT2D eigenvalue weighted by Gasteiger charge is 2.33. The summed E-state index contributed by atoms with van der Waals surface area (Å²) < 4.78 is 4.79. The third-order valence-electron chi connectivity index (χ3n) is 4.89. The predicted octanol–water partition coefficient (Wildman–Crippen LogP) is 3.84. The number of hydrogen-bond donors (Lipinski definition) is 0. The molecule has 0 aromatic heterocycles. The lowest BCUT2D eigenvalue weighted by atomic mass is 9.81. The fourth-order valence-electron chi connectivity index (χ4n) is 3.24. The Balaban J connectivity index is 1.98. The molecule has 126 valence electrons. The van der Waals surface area contributed by atoms with E-state index >= 15 is 0 Å². The van der Waals surface area contributed by atoms with Gasteiger partial charge < -0.3 is 9.64 Å². The number of nitrogens with zero attached hydrogens (tertiary/aromatic N) is 1. The molecule has 0 aliphatic heterocycles. The lowest BCUT2D eigenvalue weighted by molar-refractivity contribution is -0.148. The first kappa shape index (κ1) is 17.8. The second-order valence-corrected chi connectivity index (χ2v) is 6.63. The highest BCUT2D eigenvalue weighted by Crippen LogP contribution is 2.33. The molecule has 1 amide bonds. The molecule has 0 saturated heterocycles. The highest BCUT2D eigenvalue weighted by atomic mass is 35.5. The van der Waals surface area contributed by atoms with Crippen molar-refractivity contribution in [2.24, 2.45) is 11.8 Å². The molecule has 1 aliphatic rings. The molecule has 1 saturated carbocycles. The van der Waals surface area contributed by atoms with E-state index in [0.29, 0.717) is 5.02 Å². The fourth-order valence-corrected chi connectivity index (χ4v) is 3.54. The van der Waals surface area contributed by atoms with Crippen LogP contribution in [0, 0.1) is 11.8 Å². The van der Waals surface area contributed by atoms with Crippen LogP contribution in [0.3, 0.4) is 0 Å². The van der Waals surface area contributed by atoms with Crippen molar-refractivity contribution in [2.45, 2.75) is 38.6 Å². The summed E-state index contributed by atoms with van der Waals surface area (Å²) in [6.45, 7) is 1.99. The molecule has 1 atom stereocenters. The molecule has 5 heteroatoms. The summed E-state index contributed by atoms with van der Waals surface area (Å²) in [6, 6.07) is 7.53. The number of hydrogen-bond acceptors (Lipinski definition) is 3. The van der Waals surface area contributed by atoms with Gasteiger partial charge in [-0.1, -0.05) is 29.8 Å². The van der Waals surface area contributed by atoms with Crippen LogP contribution in [0.25, 0.3) is 0 Å². The van der Waals surface area contributed by atoms with Gasteiger partial charge in [0.25, 0.3) is 0 Å². The maximum Gasteiger partial charge on any atom is 0.308 e. The van der Waals surface area contributed by atoms with Crippen LogP contribution in [0.1, 0.15) is 44.2 Å². The molecule has 0 heterocycles. The van der Waals surface area contributed by atoms with Crippen LogP contribution in [-0.2, 0) is 14.3 Å². The molecule has 23 heavy (non-hydrogen) atoms. The molecule has 0 N–H and O–H groups in total.